The van der Waals surface area contributed by atoms with Crippen molar-refractivity contribution in [2.24, 2.45) is 5.73 Å². The van der Waals surface area contributed by atoms with E-state index in [9.17, 15) is 29.7 Å². The molecule has 0 aliphatic carbocycles. The Morgan fingerprint density at radius 3 is 2.39 bits per heavy atom. The highest BCUT2D eigenvalue weighted by atomic mass is 35.5. The number of carboxylic acids is 2. The number of unbranched alkanes of at least 4 members (excludes halogenated alkanes) is 1. The van der Waals surface area contributed by atoms with Crippen molar-refractivity contribution in [2.75, 3.05) is 13.1 Å². The number of nitrogens with one attached hydrogen (secondary N) is 1. The summed E-state index contributed by atoms with van der Waals surface area (Å²) in [6.07, 6.45) is 1.29. The largest absolute Gasteiger partial charge is 0.480 e. The maximum atomic E-state index is 13.1. The first-order chi connectivity index (χ1) is 14.7. The van der Waals surface area contributed by atoms with Crippen molar-refractivity contribution in [3.05, 3.63) is 34.9 Å². The predicted molar refractivity (Wildman–Crippen MR) is 115 cm³/mol. The Balaban J connectivity index is 2.11. The van der Waals surface area contributed by atoms with Crippen LogP contribution in [0.2, 0.25) is 5.02 Å². The molecule has 1 aliphatic heterocycles. The Kier molecular flexibility index (Phi) is 9.70. The standard InChI is InChI=1S/C21H30ClN3O6/c22-14-7-4-13(5-8-14)6-9-17(20(28)29)24-16(3-1-2-10-23)19(27)25-12-15(26)11-18(25)21(30)31/h4-5,7-8,15-18,24,26H,1-3,6,9-12,23H2,(H,28,29)(H,30,31)/t15-,16+,17+,18+/m1/s1. The lowest BCUT2D eigenvalue weighted by atomic mass is 10.0. The first kappa shape index (κ1) is 25.1. The fraction of sp³-hybridized carbons (Fsp3) is 0.571. The predicted octanol–water partition coefficient (Wildman–Crippen LogP) is 0.859. The Morgan fingerprint density at radius 2 is 1.81 bits per heavy atom. The van der Waals surface area contributed by atoms with Gasteiger partial charge < -0.3 is 26.0 Å². The molecule has 0 unspecified atom stereocenters. The summed E-state index contributed by atoms with van der Waals surface area (Å²) in [5, 5.41) is 32.4. The van der Waals surface area contributed by atoms with Crippen molar-refractivity contribution in [2.45, 2.75) is 62.8 Å². The average Bonchev–Trinajstić information content (AvgIpc) is 3.12. The lowest BCUT2D eigenvalue weighted by Crippen LogP contribution is -2.54. The molecule has 1 fully saturated rings. The van der Waals surface area contributed by atoms with E-state index in [4.69, 9.17) is 17.3 Å². The Morgan fingerprint density at radius 1 is 1.13 bits per heavy atom. The van der Waals surface area contributed by atoms with Crippen LogP contribution in [-0.4, -0.2) is 75.4 Å². The van der Waals surface area contributed by atoms with Gasteiger partial charge in [0, 0.05) is 18.0 Å². The molecule has 0 bridgehead atoms. The molecule has 1 aromatic carbocycles. The molecule has 10 heteroatoms. The third-order valence-corrected chi connectivity index (χ3v) is 5.68. The fourth-order valence-corrected chi connectivity index (χ4v) is 3.87. The Labute approximate surface area is 186 Å². The van der Waals surface area contributed by atoms with Gasteiger partial charge in [0.2, 0.25) is 5.91 Å². The van der Waals surface area contributed by atoms with Gasteiger partial charge in [-0.15, -0.1) is 0 Å². The normalized spacial score (nSPS) is 20.4. The molecule has 0 spiro atoms. The van der Waals surface area contributed by atoms with Crippen LogP contribution in [0.25, 0.3) is 0 Å². The summed E-state index contributed by atoms with van der Waals surface area (Å²) >= 11 is 5.88. The van der Waals surface area contributed by atoms with Gasteiger partial charge in [0.1, 0.15) is 12.1 Å². The lowest BCUT2D eigenvalue weighted by molar-refractivity contribution is -0.149. The molecular formula is C21H30ClN3O6. The van der Waals surface area contributed by atoms with Crippen LogP contribution in [0.4, 0.5) is 0 Å². The van der Waals surface area contributed by atoms with Crippen LogP contribution in [-0.2, 0) is 20.8 Å². The average molecular weight is 456 g/mol. The molecule has 1 heterocycles. The lowest BCUT2D eigenvalue weighted by Gasteiger charge is -2.29. The number of carboxylic acid groups (broad SMARTS) is 2. The van der Waals surface area contributed by atoms with Crippen molar-refractivity contribution in [3.63, 3.8) is 0 Å². The van der Waals surface area contributed by atoms with Crippen LogP contribution in [0.15, 0.2) is 24.3 Å². The number of β-amino-alcohol motifs (C(OH)–C–C–N with tert-alkyl or cyclic N) is 1. The molecule has 9 nitrogen and oxygen atoms in total. The first-order valence-corrected chi connectivity index (χ1v) is 10.8. The second kappa shape index (κ2) is 12.0. The molecule has 0 saturated carbocycles. The number of likely N-dealkylation sites (tertiary alicyclic amines) is 1. The monoisotopic (exact) mass is 455 g/mol. The molecule has 0 aromatic heterocycles. The van der Waals surface area contributed by atoms with E-state index in [2.05, 4.69) is 5.32 Å². The van der Waals surface area contributed by atoms with Gasteiger partial charge in [-0.1, -0.05) is 30.2 Å². The molecule has 1 saturated heterocycles. The number of aryl methyl sites for hydroxylation is 1. The molecule has 1 amide bonds. The summed E-state index contributed by atoms with van der Waals surface area (Å²) in [6.45, 7) is 0.341. The summed E-state index contributed by atoms with van der Waals surface area (Å²) in [5.74, 6) is -2.80. The fourth-order valence-electron chi connectivity index (χ4n) is 3.75. The van der Waals surface area contributed by atoms with E-state index >= 15 is 0 Å². The summed E-state index contributed by atoms with van der Waals surface area (Å²) < 4.78 is 0. The summed E-state index contributed by atoms with van der Waals surface area (Å²) in [7, 11) is 0. The second-order valence-electron chi connectivity index (χ2n) is 7.79. The third-order valence-electron chi connectivity index (χ3n) is 5.43. The molecule has 172 valence electrons. The molecule has 31 heavy (non-hydrogen) atoms. The van der Waals surface area contributed by atoms with Gasteiger partial charge in [-0.25, -0.2) is 4.79 Å². The number of halogens is 1. The number of aliphatic hydroxyl groups excluding tert-OH is 1. The van der Waals surface area contributed by atoms with E-state index < -0.39 is 42.1 Å². The molecule has 1 aliphatic rings. The number of nitrogens with two attached hydrogens (primary N) is 1. The second-order valence-corrected chi connectivity index (χ2v) is 8.23. The topological polar surface area (TPSA) is 153 Å². The Hall–Kier alpha value is -2.20. The van der Waals surface area contributed by atoms with Crippen LogP contribution in [0.3, 0.4) is 0 Å². The van der Waals surface area contributed by atoms with Gasteiger partial charge in [0.05, 0.1) is 12.1 Å². The molecule has 2 rings (SSSR count). The smallest absolute Gasteiger partial charge is 0.326 e. The van der Waals surface area contributed by atoms with Crippen LogP contribution < -0.4 is 11.1 Å². The van der Waals surface area contributed by atoms with Gasteiger partial charge >= 0.3 is 11.9 Å². The van der Waals surface area contributed by atoms with Crippen molar-refractivity contribution < 1.29 is 29.7 Å². The van der Waals surface area contributed by atoms with Crippen LogP contribution in [0.1, 0.15) is 37.7 Å². The van der Waals surface area contributed by atoms with Gasteiger partial charge in [-0.05, 0) is 49.9 Å². The number of nitrogens with zero attached hydrogens (tertiary/aromatic N) is 1. The van der Waals surface area contributed by atoms with Crippen LogP contribution in [0, 0.1) is 0 Å². The summed E-state index contributed by atoms with van der Waals surface area (Å²) in [6, 6.07) is 4.07. The van der Waals surface area contributed by atoms with E-state index in [1.165, 1.54) is 0 Å². The number of amides is 1. The highest BCUT2D eigenvalue weighted by Gasteiger charge is 2.41. The van der Waals surface area contributed by atoms with E-state index in [1.54, 1.807) is 12.1 Å². The minimum Gasteiger partial charge on any atom is -0.480 e. The number of benzene rings is 1. The minimum atomic E-state index is -1.19. The zero-order chi connectivity index (χ0) is 23.0. The first-order valence-electron chi connectivity index (χ1n) is 10.4. The summed E-state index contributed by atoms with van der Waals surface area (Å²) in [5.41, 5.74) is 6.45. The van der Waals surface area contributed by atoms with Crippen molar-refractivity contribution in [3.8, 4) is 0 Å². The maximum Gasteiger partial charge on any atom is 0.326 e. The number of carbonyl (C=O) groups excluding carboxylic acids is 1. The number of rotatable bonds is 12. The highest BCUT2D eigenvalue weighted by molar-refractivity contribution is 6.30. The third kappa shape index (κ3) is 7.46. The van der Waals surface area contributed by atoms with Crippen LogP contribution in [0.5, 0.6) is 0 Å². The van der Waals surface area contributed by atoms with Crippen molar-refractivity contribution in [1.29, 1.82) is 0 Å². The maximum absolute atomic E-state index is 13.1. The number of hydrogen-bond acceptors (Lipinski definition) is 6. The molecule has 6 N–H and O–H groups in total. The van der Waals surface area contributed by atoms with Crippen molar-refractivity contribution >= 4 is 29.4 Å². The van der Waals surface area contributed by atoms with Gasteiger partial charge in [-0.2, -0.15) is 0 Å². The van der Waals surface area contributed by atoms with Gasteiger partial charge in [0.25, 0.3) is 0 Å². The van der Waals surface area contributed by atoms with E-state index in [1.807, 2.05) is 12.1 Å². The SMILES string of the molecule is NCCCC[C@H](N[C@@H](CCc1ccc(Cl)cc1)C(=O)O)C(=O)N1C[C@H](O)C[C@H]1C(=O)O. The van der Waals surface area contributed by atoms with Crippen LogP contribution >= 0.6 is 11.6 Å². The minimum absolute atomic E-state index is 0.0461. The summed E-state index contributed by atoms with van der Waals surface area (Å²) in [4.78, 5) is 37.6. The zero-order valence-corrected chi connectivity index (χ0v) is 18.0. The number of aliphatic hydroxyl groups is 1. The van der Waals surface area contributed by atoms with E-state index in [-0.39, 0.29) is 19.4 Å². The number of hydrogen-bond donors (Lipinski definition) is 5. The number of aliphatic carboxylic acids is 2. The highest BCUT2D eigenvalue weighted by Crippen LogP contribution is 2.21. The van der Waals surface area contributed by atoms with Gasteiger partial charge in [0.15, 0.2) is 0 Å². The van der Waals surface area contributed by atoms with Crippen molar-refractivity contribution in [1.82, 2.24) is 10.2 Å². The quantitative estimate of drug-likeness (QED) is 0.291. The van der Waals surface area contributed by atoms with E-state index in [0.29, 0.717) is 37.3 Å². The molecule has 0 radical (unpaired) electrons. The van der Waals surface area contributed by atoms with E-state index in [0.717, 1.165) is 10.5 Å². The Bertz CT molecular complexity index is 760. The molecule has 4 atom stereocenters. The molecular weight excluding hydrogens is 426 g/mol. The zero-order valence-electron chi connectivity index (χ0n) is 17.2. The molecule has 1 aromatic rings. The number of carbonyl (C=O) groups is 3. The van der Waals surface area contributed by atoms with Gasteiger partial charge in [-0.3, -0.25) is 14.9 Å².